The van der Waals surface area contributed by atoms with Gasteiger partial charge in [-0.15, -0.1) is 0 Å². The average molecular weight is 530 g/mol. The predicted molar refractivity (Wildman–Crippen MR) is 151 cm³/mol. The van der Waals surface area contributed by atoms with E-state index in [-0.39, 0.29) is 30.8 Å². The second kappa shape index (κ2) is 14.8. The highest BCUT2D eigenvalue weighted by Crippen LogP contribution is 2.20. The van der Waals surface area contributed by atoms with Crippen LogP contribution in [0.15, 0.2) is 54.6 Å². The number of nitrogens with zero attached hydrogens (tertiary/aromatic N) is 2. The van der Waals surface area contributed by atoms with Crippen molar-refractivity contribution >= 4 is 27.5 Å². The van der Waals surface area contributed by atoms with Crippen LogP contribution in [0.2, 0.25) is 0 Å². The zero-order valence-electron chi connectivity index (χ0n) is 22.9. The molecule has 0 spiro atoms. The van der Waals surface area contributed by atoms with Gasteiger partial charge in [-0.1, -0.05) is 63.2 Å². The second-order valence-corrected chi connectivity index (χ2v) is 11.4. The Morgan fingerprint density at radius 2 is 1.54 bits per heavy atom. The van der Waals surface area contributed by atoms with Crippen LogP contribution in [0.4, 0.5) is 5.69 Å². The number of carbonyl (C=O) groups is 2. The number of carbonyl (C=O) groups excluding carboxylic acids is 2. The van der Waals surface area contributed by atoms with E-state index in [1.54, 1.807) is 17.0 Å². The smallest absolute Gasteiger partial charge is 0.243 e. The molecular weight excluding hydrogens is 486 g/mol. The summed E-state index contributed by atoms with van der Waals surface area (Å²) in [6, 6.07) is 16.8. The van der Waals surface area contributed by atoms with Gasteiger partial charge in [-0.2, -0.15) is 0 Å². The fourth-order valence-electron chi connectivity index (χ4n) is 4.24. The van der Waals surface area contributed by atoms with Gasteiger partial charge in [0.25, 0.3) is 0 Å². The molecule has 2 aromatic carbocycles. The highest BCUT2D eigenvalue weighted by molar-refractivity contribution is 7.92. The van der Waals surface area contributed by atoms with E-state index in [1.807, 2.05) is 70.2 Å². The molecule has 1 N–H and O–H groups in total. The molecule has 2 aromatic rings. The molecule has 7 nitrogen and oxygen atoms in total. The Morgan fingerprint density at radius 1 is 0.892 bits per heavy atom. The zero-order chi connectivity index (χ0) is 27.4. The maximum absolute atomic E-state index is 13.5. The van der Waals surface area contributed by atoms with Gasteiger partial charge < -0.3 is 10.2 Å². The van der Waals surface area contributed by atoms with Crippen molar-refractivity contribution in [1.82, 2.24) is 10.2 Å². The van der Waals surface area contributed by atoms with Crippen molar-refractivity contribution in [2.24, 2.45) is 0 Å². The maximum atomic E-state index is 13.5. The van der Waals surface area contributed by atoms with E-state index in [1.165, 1.54) is 10.6 Å². The van der Waals surface area contributed by atoms with E-state index in [0.29, 0.717) is 31.5 Å². The summed E-state index contributed by atoms with van der Waals surface area (Å²) in [5.74, 6) is -0.288. The van der Waals surface area contributed by atoms with E-state index in [0.717, 1.165) is 24.0 Å². The minimum Gasteiger partial charge on any atom is -0.352 e. The summed E-state index contributed by atoms with van der Waals surface area (Å²) >= 11 is 0. The van der Waals surface area contributed by atoms with Crippen molar-refractivity contribution < 1.29 is 18.0 Å². The number of hydrogen-bond donors (Lipinski definition) is 1. The summed E-state index contributed by atoms with van der Waals surface area (Å²) in [5.41, 5.74) is 2.81. The lowest BCUT2D eigenvalue weighted by Gasteiger charge is -2.32. The van der Waals surface area contributed by atoms with Crippen LogP contribution in [0.5, 0.6) is 0 Å². The Balaban J connectivity index is 2.16. The van der Waals surface area contributed by atoms with Crippen LogP contribution in [-0.2, 0) is 32.5 Å². The van der Waals surface area contributed by atoms with E-state index in [2.05, 4.69) is 5.32 Å². The van der Waals surface area contributed by atoms with Crippen molar-refractivity contribution in [1.29, 1.82) is 0 Å². The standard InChI is InChI=1S/C29H43N3O4S/c1-6-23(4)30-29(34)27(8-3)31(22-20-25-13-10-9-11-14-25)28(33)15-12-21-32(37(5,35)36)26-18-16-24(7-2)17-19-26/h9-11,13-14,16-19,23,27H,6-8,12,15,20-22H2,1-5H3,(H,30,34)/t23-,27-/m0/s1. The van der Waals surface area contributed by atoms with Gasteiger partial charge in [0.15, 0.2) is 0 Å². The molecule has 0 fully saturated rings. The summed E-state index contributed by atoms with van der Waals surface area (Å²) < 4.78 is 26.4. The quantitative estimate of drug-likeness (QED) is 0.366. The molecule has 0 aliphatic heterocycles. The third-order valence-electron chi connectivity index (χ3n) is 6.66. The lowest BCUT2D eigenvalue weighted by atomic mass is 10.1. The summed E-state index contributed by atoms with van der Waals surface area (Å²) in [7, 11) is -3.51. The summed E-state index contributed by atoms with van der Waals surface area (Å²) in [5, 5.41) is 3.02. The van der Waals surface area contributed by atoms with E-state index in [4.69, 9.17) is 0 Å². The number of anilines is 1. The van der Waals surface area contributed by atoms with Crippen molar-refractivity contribution in [3.63, 3.8) is 0 Å². The third kappa shape index (κ3) is 9.50. The Labute approximate surface area is 223 Å². The molecule has 8 heteroatoms. The summed E-state index contributed by atoms with van der Waals surface area (Å²) in [6.45, 7) is 8.53. The molecule has 0 unspecified atom stereocenters. The van der Waals surface area contributed by atoms with Gasteiger partial charge in [-0.25, -0.2) is 8.42 Å². The highest BCUT2D eigenvalue weighted by Gasteiger charge is 2.29. The van der Waals surface area contributed by atoms with Crippen LogP contribution in [0.3, 0.4) is 0 Å². The average Bonchev–Trinajstić information content (AvgIpc) is 2.88. The van der Waals surface area contributed by atoms with Crippen LogP contribution >= 0.6 is 0 Å². The van der Waals surface area contributed by atoms with Crippen LogP contribution < -0.4 is 9.62 Å². The van der Waals surface area contributed by atoms with Crippen LogP contribution in [0.1, 0.15) is 64.5 Å². The first-order chi connectivity index (χ1) is 17.6. The van der Waals surface area contributed by atoms with E-state index in [9.17, 15) is 18.0 Å². The van der Waals surface area contributed by atoms with Gasteiger partial charge in [0.2, 0.25) is 21.8 Å². The number of amides is 2. The minimum atomic E-state index is -3.51. The Morgan fingerprint density at radius 3 is 2.08 bits per heavy atom. The Bertz CT molecular complexity index is 1090. The number of hydrogen-bond acceptors (Lipinski definition) is 4. The molecule has 0 heterocycles. The first-order valence-electron chi connectivity index (χ1n) is 13.3. The number of sulfonamides is 1. The SMILES string of the molecule is CCc1ccc(N(CCCC(=O)N(CCc2ccccc2)[C@@H](CC)C(=O)N[C@@H](C)CC)S(C)(=O)=O)cc1. The summed E-state index contributed by atoms with van der Waals surface area (Å²) in [6.07, 6.45) is 4.51. The number of rotatable bonds is 15. The first kappa shape index (κ1) is 30.4. The number of benzene rings is 2. The van der Waals surface area contributed by atoms with Gasteiger partial charge in [0.05, 0.1) is 11.9 Å². The largest absolute Gasteiger partial charge is 0.352 e. The van der Waals surface area contributed by atoms with Crippen molar-refractivity contribution in [2.75, 3.05) is 23.7 Å². The third-order valence-corrected chi connectivity index (χ3v) is 7.85. The predicted octanol–water partition coefficient (Wildman–Crippen LogP) is 4.56. The molecule has 2 amide bonds. The monoisotopic (exact) mass is 529 g/mol. The van der Waals surface area contributed by atoms with Gasteiger partial charge in [-0.3, -0.25) is 13.9 Å². The molecule has 0 aromatic heterocycles. The van der Waals surface area contributed by atoms with Crippen LogP contribution in [0, 0.1) is 0 Å². The Hall–Kier alpha value is -2.87. The van der Waals surface area contributed by atoms with E-state index < -0.39 is 16.1 Å². The first-order valence-corrected chi connectivity index (χ1v) is 15.2. The van der Waals surface area contributed by atoms with Crippen LogP contribution in [-0.4, -0.2) is 56.6 Å². The fraction of sp³-hybridized carbons (Fsp3) is 0.517. The van der Waals surface area contributed by atoms with Gasteiger partial charge in [-0.05, 0) is 62.3 Å². The van der Waals surface area contributed by atoms with Crippen LogP contribution in [0.25, 0.3) is 0 Å². The van der Waals surface area contributed by atoms with Crippen molar-refractivity contribution in [3.05, 3.63) is 65.7 Å². The second-order valence-electron chi connectivity index (χ2n) is 9.52. The molecule has 2 atom stereocenters. The molecule has 0 saturated carbocycles. The molecule has 0 saturated heterocycles. The molecule has 204 valence electrons. The van der Waals surface area contributed by atoms with Gasteiger partial charge >= 0.3 is 0 Å². The molecule has 0 aliphatic rings. The van der Waals surface area contributed by atoms with Gasteiger partial charge in [0, 0.05) is 25.6 Å². The topological polar surface area (TPSA) is 86.8 Å². The lowest BCUT2D eigenvalue weighted by molar-refractivity contribution is -0.141. The minimum absolute atomic E-state index is 0.0232. The van der Waals surface area contributed by atoms with E-state index >= 15 is 0 Å². The number of nitrogens with one attached hydrogen (secondary N) is 1. The molecule has 0 radical (unpaired) electrons. The molecular formula is C29H43N3O4S. The Kier molecular flexibility index (Phi) is 12.1. The summed E-state index contributed by atoms with van der Waals surface area (Å²) in [4.78, 5) is 28.2. The fourth-order valence-corrected chi connectivity index (χ4v) is 5.20. The molecule has 2 rings (SSSR count). The van der Waals surface area contributed by atoms with Crippen molar-refractivity contribution in [2.45, 2.75) is 78.3 Å². The number of aryl methyl sites for hydroxylation is 1. The van der Waals surface area contributed by atoms with Crippen molar-refractivity contribution in [3.8, 4) is 0 Å². The molecule has 37 heavy (non-hydrogen) atoms. The highest BCUT2D eigenvalue weighted by atomic mass is 32.2. The zero-order valence-corrected chi connectivity index (χ0v) is 23.8. The molecule has 0 aliphatic carbocycles. The lowest BCUT2D eigenvalue weighted by Crippen LogP contribution is -2.51. The normalized spacial score (nSPS) is 13.0. The van der Waals surface area contributed by atoms with Gasteiger partial charge in [0.1, 0.15) is 6.04 Å². The maximum Gasteiger partial charge on any atom is 0.243 e. The molecule has 0 bridgehead atoms.